The van der Waals surface area contributed by atoms with E-state index in [0.717, 1.165) is 5.56 Å². The smallest absolute Gasteiger partial charge is 0.271 e. The lowest BCUT2D eigenvalue weighted by molar-refractivity contribution is -0.384. The summed E-state index contributed by atoms with van der Waals surface area (Å²) in [5, 5.41) is 18.2. The van der Waals surface area contributed by atoms with Crippen LogP contribution in [0.25, 0.3) is 0 Å². The van der Waals surface area contributed by atoms with Crippen LogP contribution in [0, 0.1) is 24.0 Å². The first-order valence-corrected chi connectivity index (χ1v) is 8.58. The van der Waals surface area contributed by atoms with Gasteiger partial charge in [0.2, 0.25) is 0 Å². The van der Waals surface area contributed by atoms with E-state index in [9.17, 15) is 14.9 Å². The molecule has 0 aliphatic heterocycles. The summed E-state index contributed by atoms with van der Waals surface area (Å²) in [6.45, 7) is 3.89. The Morgan fingerprint density at radius 2 is 1.93 bits per heavy atom. The quantitative estimate of drug-likeness (QED) is 0.522. The highest BCUT2D eigenvalue weighted by atomic mass is 35.5. The minimum absolute atomic E-state index is 0.0986. The SMILES string of the molecule is Cc1ccc([N+](=O)[O-])cc1NC(=O)c1c(C)nn(Cc2ccccc2)c1Cl. The number of nitro groups is 1. The molecule has 1 aromatic heterocycles. The van der Waals surface area contributed by atoms with Crippen LogP contribution >= 0.6 is 11.6 Å². The van der Waals surface area contributed by atoms with Gasteiger partial charge in [0.15, 0.2) is 0 Å². The second-order valence-electron chi connectivity index (χ2n) is 6.10. The van der Waals surface area contributed by atoms with Crippen LogP contribution in [0.1, 0.15) is 27.2 Å². The van der Waals surface area contributed by atoms with Gasteiger partial charge in [-0.1, -0.05) is 48.0 Å². The number of carbonyl (C=O) groups excluding carboxylic acids is 1. The van der Waals surface area contributed by atoms with Crippen molar-refractivity contribution in [3.8, 4) is 0 Å². The minimum atomic E-state index is -0.509. The average molecular weight is 385 g/mol. The van der Waals surface area contributed by atoms with Crippen molar-refractivity contribution < 1.29 is 9.72 Å². The van der Waals surface area contributed by atoms with Crippen LogP contribution < -0.4 is 5.32 Å². The number of aromatic nitrogens is 2. The number of hydrogen-bond donors (Lipinski definition) is 1. The Hall–Kier alpha value is -3.19. The Morgan fingerprint density at radius 1 is 1.22 bits per heavy atom. The molecule has 3 aromatic rings. The van der Waals surface area contributed by atoms with Gasteiger partial charge in [-0.05, 0) is 25.0 Å². The van der Waals surface area contributed by atoms with E-state index in [4.69, 9.17) is 11.6 Å². The molecule has 0 saturated heterocycles. The Bertz CT molecular complexity index is 1020. The maximum Gasteiger partial charge on any atom is 0.271 e. The topological polar surface area (TPSA) is 90.1 Å². The molecule has 0 spiro atoms. The molecule has 27 heavy (non-hydrogen) atoms. The van der Waals surface area contributed by atoms with E-state index in [2.05, 4.69) is 10.4 Å². The van der Waals surface area contributed by atoms with Gasteiger partial charge in [0.05, 0.1) is 28.4 Å². The maximum absolute atomic E-state index is 12.7. The Kier molecular flexibility index (Phi) is 5.23. The molecule has 1 N–H and O–H groups in total. The number of benzene rings is 2. The van der Waals surface area contributed by atoms with Gasteiger partial charge in [-0.15, -0.1) is 0 Å². The number of nitrogens with zero attached hydrogens (tertiary/aromatic N) is 3. The third kappa shape index (κ3) is 3.98. The van der Waals surface area contributed by atoms with Crippen molar-refractivity contribution in [3.63, 3.8) is 0 Å². The van der Waals surface area contributed by atoms with Crippen LogP contribution in [0.2, 0.25) is 5.15 Å². The number of non-ortho nitro benzene ring substituents is 1. The lowest BCUT2D eigenvalue weighted by Gasteiger charge is -2.08. The van der Waals surface area contributed by atoms with Crippen LogP contribution in [-0.4, -0.2) is 20.6 Å². The van der Waals surface area contributed by atoms with Gasteiger partial charge in [0.1, 0.15) is 5.15 Å². The number of nitro benzene ring substituents is 1. The number of rotatable bonds is 5. The maximum atomic E-state index is 12.7. The number of hydrogen-bond acceptors (Lipinski definition) is 4. The van der Waals surface area contributed by atoms with E-state index in [0.29, 0.717) is 23.5 Å². The van der Waals surface area contributed by atoms with Gasteiger partial charge in [0.25, 0.3) is 11.6 Å². The average Bonchev–Trinajstić information content (AvgIpc) is 2.91. The molecule has 138 valence electrons. The molecule has 1 heterocycles. The molecule has 0 radical (unpaired) electrons. The zero-order valence-electron chi connectivity index (χ0n) is 14.8. The first-order valence-electron chi connectivity index (χ1n) is 8.20. The van der Waals surface area contributed by atoms with E-state index in [1.807, 2.05) is 30.3 Å². The van der Waals surface area contributed by atoms with E-state index in [1.165, 1.54) is 12.1 Å². The molecule has 0 saturated carbocycles. The minimum Gasteiger partial charge on any atom is -0.321 e. The van der Waals surface area contributed by atoms with Crippen molar-refractivity contribution in [3.05, 3.63) is 86.2 Å². The van der Waals surface area contributed by atoms with E-state index in [1.54, 1.807) is 24.6 Å². The number of aryl methyl sites for hydroxylation is 2. The van der Waals surface area contributed by atoms with Crippen LogP contribution in [0.15, 0.2) is 48.5 Å². The van der Waals surface area contributed by atoms with Crippen molar-refractivity contribution in [2.75, 3.05) is 5.32 Å². The fourth-order valence-corrected chi connectivity index (χ4v) is 3.04. The largest absolute Gasteiger partial charge is 0.321 e. The molecule has 0 atom stereocenters. The Labute approximate surface area is 160 Å². The van der Waals surface area contributed by atoms with Crippen molar-refractivity contribution in [1.82, 2.24) is 9.78 Å². The normalized spacial score (nSPS) is 10.6. The van der Waals surface area contributed by atoms with Gasteiger partial charge in [-0.3, -0.25) is 14.9 Å². The summed E-state index contributed by atoms with van der Waals surface area (Å²) in [6.07, 6.45) is 0. The second kappa shape index (κ2) is 7.59. The summed E-state index contributed by atoms with van der Waals surface area (Å²) in [6, 6.07) is 13.9. The van der Waals surface area contributed by atoms with Gasteiger partial charge in [-0.2, -0.15) is 5.10 Å². The lowest BCUT2D eigenvalue weighted by Crippen LogP contribution is -2.14. The third-order valence-electron chi connectivity index (χ3n) is 4.15. The molecule has 0 unspecified atom stereocenters. The predicted octanol–water partition coefficient (Wildman–Crippen LogP) is 4.36. The molecule has 8 heteroatoms. The summed E-state index contributed by atoms with van der Waals surface area (Å²) in [7, 11) is 0. The van der Waals surface area contributed by atoms with E-state index in [-0.39, 0.29) is 16.4 Å². The summed E-state index contributed by atoms with van der Waals surface area (Å²) >= 11 is 6.39. The molecule has 3 rings (SSSR count). The van der Waals surface area contributed by atoms with E-state index >= 15 is 0 Å². The van der Waals surface area contributed by atoms with Crippen molar-refractivity contribution in [2.45, 2.75) is 20.4 Å². The number of anilines is 1. The molecule has 0 aliphatic rings. The zero-order valence-corrected chi connectivity index (χ0v) is 15.5. The predicted molar refractivity (Wildman–Crippen MR) is 103 cm³/mol. The fraction of sp³-hybridized carbons (Fsp3) is 0.158. The highest BCUT2D eigenvalue weighted by molar-refractivity contribution is 6.33. The molecule has 2 aromatic carbocycles. The van der Waals surface area contributed by atoms with Gasteiger partial charge in [-0.25, -0.2) is 4.68 Å². The van der Waals surface area contributed by atoms with Crippen LogP contribution in [-0.2, 0) is 6.54 Å². The highest BCUT2D eigenvalue weighted by Gasteiger charge is 2.21. The molecule has 0 bridgehead atoms. The van der Waals surface area contributed by atoms with Crippen molar-refractivity contribution >= 4 is 28.9 Å². The number of halogens is 1. The molecular weight excluding hydrogens is 368 g/mol. The standard InChI is InChI=1S/C19H17ClN4O3/c1-12-8-9-15(24(26)27)10-16(12)21-19(25)17-13(2)22-23(18(17)20)11-14-6-4-3-5-7-14/h3-10H,11H2,1-2H3,(H,21,25). The molecule has 0 aliphatic carbocycles. The fourth-order valence-electron chi connectivity index (χ4n) is 2.72. The van der Waals surface area contributed by atoms with Crippen LogP contribution in [0.5, 0.6) is 0 Å². The number of nitrogens with one attached hydrogen (secondary N) is 1. The Balaban J connectivity index is 1.88. The summed E-state index contributed by atoms with van der Waals surface area (Å²) in [5.41, 5.74) is 2.71. The second-order valence-corrected chi connectivity index (χ2v) is 6.46. The molecular formula is C19H17ClN4O3. The highest BCUT2D eigenvalue weighted by Crippen LogP contribution is 2.25. The number of carbonyl (C=O) groups is 1. The summed E-state index contributed by atoms with van der Waals surface area (Å²) in [4.78, 5) is 23.2. The van der Waals surface area contributed by atoms with Gasteiger partial charge < -0.3 is 5.32 Å². The monoisotopic (exact) mass is 384 g/mol. The Morgan fingerprint density at radius 3 is 2.59 bits per heavy atom. The molecule has 0 fully saturated rings. The zero-order chi connectivity index (χ0) is 19.6. The van der Waals surface area contributed by atoms with Crippen LogP contribution in [0.3, 0.4) is 0 Å². The number of amides is 1. The first-order chi connectivity index (χ1) is 12.9. The van der Waals surface area contributed by atoms with Crippen molar-refractivity contribution in [1.29, 1.82) is 0 Å². The van der Waals surface area contributed by atoms with Crippen LogP contribution in [0.4, 0.5) is 11.4 Å². The van der Waals surface area contributed by atoms with Gasteiger partial charge in [0, 0.05) is 12.1 Å². The third-order valence-corrected chi connectivity index (χ3v) is 4.53. The molecule has 7 nitrogen and oxygen atoms in total. The first kappa shape index (κ1) is 18.6. The lowest BCUT2D eigenvalue weighted by atomic mass is 10.1. The summed E-state index contributed by atoms with van der Waals surface area (Å²) < 4.78 is 1.56. The van der Waals surface area contributed by atoms with Crippen molar-refractivity contribution in [2.24, 2.45) is 0 Å². The molecule has 1 amide bonds. The van der Waals surface area contributed by atoms with E-state index < -0.39 is 10.8 Å². The summed E-state index contributed by atoms with van der Waals surface area (Å²) in [5.74, 6) is -0.458. The van der Waals surface area contributed by atoms with Gasteiger partial charge >= 0.3 is 0 Å².